The first-order valence-corrected chi connectivity index (χ1v) is 6.28. The van der Waals surface area contributed by atoms with Gasteiger partial charge in [0.1, 0.15) is 11.5 Å². The number of aryl methyl sites for hydroxylation is 1. The van der Waals surface area contributed by atoms with Crippen molar-refractivity contribution in [3.8, 4) is 11.5 Å². The zero-order valence-electron chi connectivity index (χ0n) is 11.5. The molecule has 0 aromatic heterocycles. The Morgan fingerprint density at radius 1 is 1.05 bits per heavy atom. The SMILES string of the molecule is COc1ccc(C=CC(=O)Oc2cccc(C)c2)cc1. The maximum absolute atomic E-state index is 11.7. The van der Waals surface area contributed by atoms with Gasteiger partial charge in [-0.2, -0.15) is 0 Å². The molecule has 0 spiro atoms. The van der Waals surface area contributed by atoms with Gasteiger partial charge in [-0.05, 0) is 48.4 Å². The molecule has 0 saturated carbocycles. The van der Waals surface area contributed by atoms with Gasteiger partial charge < -0.3 is 9.47 Å². The summed E-state index contributed by atoms with van der Waals surface area (Å²) in [4.78, 5) is 11.7. The molecule has 0 unspecified atom stereocenters. The smallest absolute Gasteiger partial charge is 0.336 e. The Morgan fingerprint density at radius 2 is 1.80 bits per heavy atom. The monoisotopic (exact) mass is 268 g/mol. The van der Waals surface area contributed by atoms with E-state index in [0.29, 0.717) is 5.75 Å². The van der Waals surface area contributed by atoms with Crippen molar-refractivity contribution in [1.29, 1.82) is 0 Å². The van der Waals surface area contributed by atoms with E-state index in [9.17, 15) is 4.79 Å². The fourth-order valence-electron chi connectivity index (χ4n) is 1.71. The summed E-state index contributed by atoms with van der Waals surface area (Å²) in [6.45, 7) is 1.95. The van der Waals surface area contributed by atoms with Crippen molar-refractivity contribution in [2.45, 2.75) is 6.92 Å². The molecule has 2 rings (SSSR count). The van der Waals surface area contributed by atoms with Gasteiger partial charge in [-0.25, -0.2) is 4.79 Å². The van der Waals surface area contributed by atoms with Crippen LogP contribution in [0.25, 0.3) is 6.08 Å². The van der Waals surface area contributed by atoms with Crippen LogP contribution in [0.15, 0.2) is 54.6 Å². The Labute approximate surface area is 118 Å². The van der Waals surface area contributed by atoms with Gasteiger partial charge in [0.2, 0.25) is 0 Å². The second kappa shape index (κ2) is 6.57. The van der Waals surface area contributed by atoms with Crippen molar-refractivity contribution >= 4 is 12.0 Å². The molecule has 0 saturated heterocycles. The van der Waals surface area contributed by atoms with Crippen LogP contribution in [0, 0.1) is 6.92 Å². The van der Waals surface area contributed by atoms with Crippen LogP contribution in [0.5, 0.6) is 11.5 Å². The minimum atomic E-state index is -0.397. The molecule has 102 valence electrons. The van der Waals surface area contributed by atoms with E-state index in [4.69, 9.17) is 9.47 Å². The van der Waals surface area contributed by atoms with Gasteiger partial charge in [0.25, 0.3) is 0 Å². The average Bonchev–Trinajstić information content (AvgIpc) is 2.46. The van der Waals surface area contributed by atoms with Crippen molar-refractivity contribution in [3.63, 3.8) is 0 Å². The fraction of sp³-hybridized carbons (Fsp3) is 0.118. The lowest BCUT2D eigenvalue weighted by Gasteiger charge is -2.02. The largest absolute Gasteiger partial charge is 0.497 e. The highest BCUT2D eigenvalue weighted by atomic mass is 16.5. The van der Waals surface area contributed by atoms with E-state index in [0.717, 1.165) is 16.9 Å². The molecule has 0 atom stereocenters. The van der Waals surface area contributed by atoms with E-state index >= 15 is 0 Å². The maximum atomic E-state index is 11.7. The van der Waals surface area contributed by atoms with Crippen molar-refractivity contribution in [2.24, 2.45) is 0 Å². The molecule has 0 radical (unpaired) electrons. The van der Waals surface area contributed by atoms with E-state index in [1.807, 2.05) is 49.4 Å². The molecule has 20 heavy (non-hydrogen) atoms. The first kappa shape index (κ1) is 13.9. The number of rotatable bonds is 4. The summed E-state index contributed by atoms with van der Waals surface area (Å²) in [5.41, 5.74) is 1.96. The van der Waals surface area contributed by atoms with Gasteiger partial charge in [-0.1, -0.05) is 24.3 Å². The third-order valence-corrected chi connectivity index (χ3v) is 2.74. The van der Waals surface area contributed by atoms with Crippen LogP contribution < -0.4 is 9.47 Å². The molecule has 0 fully saturated rings. The molecule has 0 amide bonds. The number of hydrogen-bond acceptors (Lipinski definition) is 3. The summed E-state index contributed by atoms with van der Waals surface area (Å²) in [5.74, 6) is 0.935. The quantitative estimate of drug-likeness (QED) is 0.482. The number of carbonyl (C=O) groups is 1. The van der Waals surface area contributed by atoms with Gasteiger partial charge in [0.05, 0.1) is 7.11 Å². The summed E-state index contributed by atoms with van der Waals surface area (Å²) in [5, 5.41) is 0. The Kier molecular flexibility index (Phi) is 4.56. The molecule has 0 aliphatic carbocycles. The van der Waals surface area contributed by atoms with Crippen LogP contribution in [-0.4, -0.2) is 13.1 Å². The first-order chi connectivity index (χ1) is 9.67. The van der Waals surface area contributed by atoms with Crippen LogP contribution >= 0.6 is 0 Å². The number of methoxy groups -OCH3 is 1. The fourth-order valence-corrected chi connectivity index (χ4v) is 1.71. The van der Waals surface area contributed by atoms with Crippen molar-refractivity contribution < 1.29 is 14.3 Å². The Hall–Kier alpha value is -2.55. The standard InChI is InChI=1S/C17H16O3/c1-13-4-3-5-16(12-13)20-17(18)11-8-14-6-9-15(19-2)10-7-14/h3-12H,1-2H3. The normalized spacial score (nSPS) is 10.5. The Bertz CT molecular complexity index is 612. The van der Waals surface area contributed by atoms with Crippen LogP contribution in [0.3, 0.4) is 0 Å². The van der Waals surface area contributed by atoms with E-state index in [1.54, 1.807) is 19.3 Å². The molecular weight excluding hydrogens is 252 g/mol. The highest BCUT2D eigenvalue weighted by molar-refractivity contribution is 5.88. The van der Waals surface area contributed by atoms with Gasteiger partial charge in [-0.15, -0.1) is 0 Å². The summed E-state index contributed by atoms with van der Waals surface area (Å²) >= 11 is 0. The van der Waals surface area contributed by atoms with Gasteiger partial charge in [0, 0.05) is 6.08 Å². The number of ether oxygens (including phenoxy) is 2. The zero-order chi connectivity index (χ0) is 14.4. The maximum Gasteiger partial charge on any atom is 0.336 e. The third kappa shape index (κ3) is 3.99. The molecule has 0 bridgehead atoms. The van der Waals surface area contributed by atoms with E-state index in [-0.39, 0.29) is 0 Å². The molecule has 2 aromatic carbocycles. The minimum absolute atomic E-state index is 0.397. The second-order valence-corrected chi connectivity index (χ2v) is 4.34. The molecule has 0 N–H and O–H groups in total. The first-order valence-electron chi connectivity index (χ1n) is 6.28. The summed E-state index contributed by atoms with van der Waals surface area (Å²) in [7, 11) is 1.62. The Balaban J connectivity index is 1.98. The van der Waals surface area contributed by atoms with E-state index in [1.165, 1.54) is 6.08 Å². The highest BCUT2D eigenvalue weighted by Crippen LogP contribution is 2.14. The lowest BCUT2D eigenvalue weighted by atomic mass is 10.2. The lowest BCUT2D eigenvalue weighted by molar-refractivity contribution is -0.128. The van der Waals surface area contributed by atoms with E-state index < -0.39 is 5.97 Å². The predicted molar refractivity (Wildman–Crippen MR) is 78.8 cm³/mol. The molecule has 3 nitrogen and oxygen atoms in total. The predicted octanol–water partition coefficient (Wildman–Crippen LogP) is 3.62. The highest BCUT2D eigenvalue weighted by Gasteiger charge is 2.00. The molecule has 3 heteroatoms. The summed E-state index contributed by atoms with van der Waals surface area (Å²) in [6.07, 6.45) is 3.11. The summed E-state index contributed by atoms with van der Waals surface area (Å²) in [6, 6.07) is 14.8. The minimum Gasteiger partial charge on any atom is -0.497 e. The second-order valence-electron chi connectivity index (χ2n) is 4.34. The van der Waals surface area contributed by atoms with E-state index in [2.05, 4.69) is 0 Å². The topological polar surface area (TPSA) is 35.5 Å². The molecular formula is C17H16O3. The molecule has 0 aliphatic rings. The Morgan fingerprint density at radius 3 is 2.45 bits per heavy atom. The van der Waals surface area contributed by atoms with Crippen LogP contribution in [0.1, 0.15) is 11.1 Å². The van der Waals surface area contributed by atoms with Crippen LogP contribution in [-0.2, 0) is 4.79 Å². The number of hydrogen-bond donors (Lipinski definition) is 0. The van der Waals surface area contributed by atoms with Gasteiger partial charge in [-0.3, -0.25) is 0 Å². The third-order valence-electron chi connectivity index (χ3n) is 2.74. The molecule has 2 aromatic rings. The van der Waals surface area contributed by atoms with Crippen LogP contribution in [0.4, 0.5) is 0 Å². The molecule has 0 aliphatic heterocycles. The van der Waals surface area contributed by atoms with Crippen molar-refractivity contribution in [2.75, 3.05) is 7.11 Å². The zero-order valence-corrected chi connectivity index (χ0v) is 11.5. The number of esters is 1. The number of carbonyl (C=O) groups excluding carboxylic acids is 1. The molecule has 0 heterocycles. The van der Waals surface area contributed by atoms with Gasteiger partial charge >= 0.3 is 5.97 Å². The van der Waals surface area contributed by atoms with Crippen LogP contribution in [0.2, 0.25) is 0 Å². The average molecular weight is 268 g/mol. The van der Waals surface area contributed by atoms with Crippen molar-refractivity contribution in [1.82, 2.24) is 0 Å². The number of benzene rings is 2. The lowest BCUT2D eigenvalue weighted by Crippen LogP contribution is -2.03. The van der Waals surface area contributed by atoms with Gasteiger partial charge in [0.15, 0.2) is 0 Å². The van der Waals surface area contributed by atoms with Crippen molar-refractivity contribution in [3.05, 3.63) is 65.7 Å². The summed E-state index contributed by atoms with van der Waals surface area (Å²) < 4.78 is 10.3.